The number of aryl methyl sites for hydroxylation is 1. The average Bonchev–Trinajstić information content (AvgIpc) is 2.58. The van der Waals surface area contributed by atoms with Gasteiger partial charge in [-0.15, -0.1) is 0 Å². The summed E-state index contributed by atoms with van der Waals surface area (Å²) >= 11 is 0. The van der Waals surface area contributed by atoms with Crippen LogP contribution in [0.2, 0.25) is 0 Å². The molecule has 3 N–H and O–H groups in total. The molecule has 0 saturated carbocycles. The van der Waals surface area contributed by atoms with Gasteiger partial charge in [0.1, 0.15) is 11.3 Å². The third-order valence-corrected chi connectivity index (χ3v) is 3.86. The van der Waals surface area contributed by atoms with Gasteiger partial charge in [-0.05, 0) is 36.6 Å². The van der Waals surface area contributed by atoms with E-state index in [2.05, 4.69) is 10.3 Å². The third kappa shape index (κ3) is 3.95. The molecule has 0 radical (unpaired) electrons. The first-order valence-electron chi connectivity index (χ1n) is 7.89. The Morgan fingerprint density at radius 1 is 1.08 bits per heavy atom. The number of hydrogen-bond donors (Lipinski definition) is 3. The molecule has 0 unspecified atom stereocenters. The highest BCUT2D eigenvalue weighted by Crippen LogP contribution is 2.25. The highest BCUT2D eigenvalue weighted by Gasteiger charge is 2.13. The van der Waals surface area contributed by atoms with E-state index in [4.69, 9.17) is 0 Å². The molecule has 0 spiro atoms. The first-order valence-corrected chi connectivity index (χ1v) is 7.89. The maximum atomic E-state index is 12.3. The first kappa shape index (κ1) is 16.5. The molecule has 25 heavy (non-hydrogen) atoms. The van der Waals surface area contributed by atoms with Crippen molar-refractivity contribution in [2.24, 2.45) is 0 Å². The van der Waals surface area contributed by atoms with Crippen molar-refractivity contribution >= 4 is 11.6 Å². The Balaban J connectivity index is 1.83. The molecule has 5 nitrogen and oxygen atoms in total. The minimum absolute atomic E-state index is 0.00142. The van der Waals surface area contributed by atoms with E-state index in [1.807, 2.05) is 30.3 Å². The van der Waals surface area contributed by atoms with Crippen LogP contribution in [0.15, 0.2) is 65.6 Å². The van der Waals surface area contributed by atoms with Crippen molar-refractivity contribution in [1.82, 2.24) is 4.98 Å². The Kier molecular flexibility index (Phi) is 4.66. The molecule has 0 aliphatic rings. The number of anilines is 1. The molecule has 1 amide bonds. The number of benzene rings is 2. The van der Waals surface area contributed by atoms with E-state index in [1.165, 1.54) is 18.3 Å². The summed E-state index contributed by atoms with van der Waals surface area (Å²) < 4.78 is 0. The van der Waals surface area contributed by atoms with Crippen molar-refractivity contribution in [3.63, 3.8) is 0 Å². The molecule has 0 atom stereocenters. The summed E-state index contributed by atoms with van der Waals surface area (Å²) in [5.74, 6) is -0.609. The molecule has 1 aromatic heterocycles. The molecule has 3 aromatic rings. The van der Waals surface area contributed by atoms with Gasteiger partial charge < -0.3 is 15.4 Å². The second kappa shape index (κ2) is 7.05. The normalized spacial score (nSPS) is 10.4. The highest BCUT2D eigenvalue weighted by molar-refractivity contribution is 6.04. The number of amides is 1. The fourth-order valence-electron chi connectivity index (χ4n) is 2.57. The predicted molar refractivity (Wildman–Crippen MR) is 97.1 cm³/mol. The largest absolute Gasteiger partial charge is 0.506 e. The van der Waals surface area contributed by atoms with Gasteiger partial charge in [0.15, 0.2) is 5.43 Å². The highest BCUT2D eigenvalue weighted by atomic mass is 16.3. The van der Waals surface area contributed by atoms with E-state index in [1.54, 1.807) is 19.1 Å². The zero-order valence-electron chi connectivity index (χ0n) is 13.7. The van der Waals surface area contributed by atoms with Gasteiger partial charge in [0.25, 0.3) is 5.91 Å². The monoisotopic (exact) mass is 334 g/mol. The van der Waals surface area contributed by atoms with E-state index < -0.39 is 5.91 Å². The minimum atomic E-state index is -0.562. The molecule has 5 heteroatoms. The molecular weight excluding hydrogens is 316 g/mol. The topological polar surface area (TPSA) is 82.2 Å². The van der Waals surface area contributed by atoms with Crippen LogP contribution in [0.1, 0.15) is 27.2 Å². The number of carbonyl (C=O) groups excluding carboxylic acids is 1. The van der Waals surface area contributed by atoms with Gasteiger partial charge in [-0.1, -0.05) is 36.4 Å². The number of carbonyl (C=O) groups is 1. The van der Waals surface area contributed by atoms with Crippen molar-refractivity contribution in [2.45, 2.75) is 13.3 Å². The van der Waals surface area contributed by atoms with Crippen LogP contribution < -0.4 is 10.7 Å². The number of rotatable bonds is 4. The van der Waals surface area contributed by atoms with Crippen molar-refractivity contribution in [2.75, 3.05) is 5.32 Å². The summed E-state index contributed by atoms with van der Waals surface area (Å²) in [5.41, 5.74) is 2.65. The fourth-order valence-corrected chi connectivity index (χ4v) is 2.57. The standard InChI is InChI=1S/C20H18N2O3/c1-13-9-19(24)16(12-21-13)20(25)22-17-11-15(7-8-18(17)23)10-14-5-3-2-4-6-14/h2-9,11-12,23H,10H2,1H3,(H,21,24)(H,22,25). The van der Waals surface area contributed by atoms with Gasteiger partial charge >= 0.3 is 0 Å². The van der Waals surface area contributed by atoms with Crippen molar-refractivity contribution in [1.29, 1.82) is 0 Å². The van der Waals surface area contributed by atoms with E-state index in [9.17, 15) is 14.7 Å². The van der Waals surface area contributed by atoms with Crippen LogP contribution in [0.5, 0.6) is 5.75 Å². The van der Waals surface area contributed by atoms with Gasteiger partial charge in [-0.25, -0.2) is 0 Å². The molecule has 1 heterocycles. The number of hydrogen-bond acceptors (Lipinski definition) is 3. The molecular formula is C20H18N2O3. The van der Waals surface area contributed by atoms with Crippen LogP contribution in [-0.4, -0.2) is 16.0 Å². The number of nitrogens with one attached hydrogen (secondary N) is 2. The van der Waals surface area contributed by atoms with E-state index in [0.29, 0.717) is 12.1 Å². The number of phenols is 1. The fraction of sp³-hybridized carbons (Fsp3) is 0.100. The molecule has 0 saturated heterocycles. The van der Waals surface area contributed by atoms with Crippen LogP contribution in [-0.2, 0) is 6.42 Å². The Morgan fingerprint density at radius 2 is 1.84 bits per heavy atom. The summed E-state index contributed by atoms with van der Waals surface area (Å²) in [6, 6.07) is 16.3. The number of aromatic nitrogens is 1. The summed E-state index contributed by atoms with van der Waals surface area (Å²) in [4.78, 5) is 27.1. The van der Waals surface area contributed by atoms with Gasteiger partial charge in [-0.2, -0.15) is 0 Å². The third-order valence-electron chi connectivity index (χ3n) is 3.86. The Hall–Kier alpha value is -3.34. The maximum Gasteiger partial charge on any atom is 0.261 e. The molecule has 0 bridgehead atoms. The van der Waals surface area contributed by atoms with Crippen LogP contribution in [0.25, 0.3) is 0 Å². The average molecular weight is 334 g/mol. The lowest BCUT2D eigenvalue weighted by Gasteiger charge is -2.10. The van der Waals surface area contributed by atoms with E-state index >= 15 is 0 Å². The SMILES string of the molecule is Cc1cc(=O)c(C(=O)Nc2cc(Cc3ccccc3)ccc2O)c[nH]1. The molecule has 0 fully saturated rings. The number of phenolic OH excluding ortho intramolecular Hbond substituents is 1. The Morgan fingerprint density at radius 3 is 2.56 bits per heavy atom. The number of aromatic amines is 1. The smallest absolute Gasteiger partial charge is 0.261 e. The number of pyridine rings is 1. The molecule has 3 rings (SSSR count). The van der Waals surface area contributed by atoms with Gasteiger partial charge in [0.2, 0.25) is 0 Å². The second-order valence-corrected chi connectivity index (χ2v) is 5.86. The quantitative estimate of drug-likeness (QED) is 0.641. The number of aromatic hydroxyl groups is 1. The Labute approximate surface area is 145 Å². The van der Waals surface area contributed by atoms with Crippen molar-refractivity contribution < 1.29 is 9.90 Å². The lowest BCUT2D eigenvalue weighted by Crippen LogP contribution is -2.21. The van der Waals surface area contributed by atoms with Crippen LogP contribution >= 0.6 is 0 Å². The van der Waals surface area contributed by atoms with E-state index in [-0.39, 0.29) is 22.4 Å². The van der Waals surface area contributed by atoms with Crippen molar-refractivity contribution in [3.05, 3.63) is 93.4 Å². The first-order chi connectivity index (χ1) is 12.0. The lowest BCUT2D eigenvalue weighted by atomic mass is 10.0. The maximum absolute atomic E-state index is 12.3. The number of H-pyrrole nitrogens is 1. The summed E-state index contributed by atoms with van der Waals surface area (Å²) in [6.45, 7) is 1.74. The Bertz CT molecular complexity index is 962. The van der Waals surface area contributed by atoms with Crippen LogP contribution in [0, 0.1) is 6.92 Å². The van der Waals surface area contributed by atoms with Gasteiger partial charge in [0.05, 0.1) is 5.69 Å². The lowest BCUT2D eigenvalue weighted by molar-refractivity contribution is 0.102. The van der Waals surface area contributed by atoms with E-state index in [0.717, 1.165) is 11.1 Å². The summed E-state index contributed by atoms with van der Waals surface area (Å²) in [5, 5.41) is 12.6. The summed E-state index contributed by atoms with van der Waals surface area (Å²) in [7, 11) is 0. The molecule has 0 aliphatic carbocycles. The van der Waals surface area contributed by atoms with Gasteiger partial charge in [0, 0.05) is 18.0 Å². The van der Waals surface area contributed by atoms with Crippen molar-refractivity contribution in [3.8, 4) is 5.75 Å². The van der Waals surface area contributed by atoms with Gasteiger partial charge in [-0.3, -0.25) is 9.59 Å². The predicted octanol–water partition coefficient (Wildman–Crippen LogP) is 3.23. The second-order valence-electron chi connectivity index (χ2n) is 5.86. The molecule has 126 valence electrons. The van der Waals surface area contributed by atoms with Crippen LogP contribution in [0.4, 0.5) is 5.69 Å². The van der Waals surface area contributed by atoms with Crippen LogP contribution in [0.3, 0.4) is 0 Å². The minimum Gasteiger partial charge on any atom is -0.506 e. The summed E-state index contributed by atoms with van der Waals surface area (Å²) in [6.07, 6.45) is 2.05. The molecule has 2 aromatic carbocycles. The zero-order valence-corrected chi connectivity index (χ0v) is 13.7. The molecule has 0 aliphatic heterocycles. The zero-order chi connectivity index (χ0) is 17.8.